The van der Waals surface area contributed by atoms with Crippen molar-refractivity contribution < 1.29 is 0 Å². The molecule has 0 unspecified atom stereocenters. The van der Waals surface area contributed by atoms with Gasteiger partial charge in [0.2, 0.25) is 0 Å². The first-order chi connectivity index (χ1) is 14.2. The fraction of sp³-hybridized carbons (Fsp3) is 0.208. The summed E-state index contributed by atoms with van der Waals surface area (Å²) in [6.45, 7) is 1.84. The smallest absolute Gasteiger partial charge is 0.267 e. The standard InChI is InChI=1S/C24H21N3OS/c1-16-26-23-22(20-9-5-6-10-21(20)29-23)24(28)27(16)25-15-17-11-13-19(14-12-17)18-7-3-2-4-8-18/h2-4,7-8,11-15H,5-6,9-10H2,1H3. The van der Waals surface area contributed by atoms with E-state index in [9.17, 15) is 4.79 Å². The summed E-state index contributed by atoms with van der Waals surface area (Å²) in [6.07, 6.45) is 6.11. The van der Waals surface area contributed by atoms with Crippen LogP contribution in [0.25, 0.3) is 21.3 Å². The van der Waals surface area contributed by atoms with Gasteiger partial charge in [-0.15, -0.1) is 11.3 Å². The fourth-order valence-electron chi connectivity index (χ4n) is 3.95. The minimum Gasteiger partial charge on any atom is -0.267 e. The zero-order valence-electron chi connectivity index (χ0n) is 16.3. The van der Waals surface area contributed by atoms with E-state index in [0.717, 1.165) is 40.6 Å². The molecule has 0 saturated carbocycles. The number of benzene rings is 2. The van der Waals surface area contributed by atoms with Gasteiger partial charge in [-0.25, -0.2) is 4.98 Å². The monoisotopic (exact) mass is 399 g/mol. The molecule has 2 aromatic carbocycles. The highest BCUT2D eigenvalue weighted by atomic mass is 32.1. The van der Waals surface area contributed by atoms with Gasteiger partial charge >= 0.3 is 0 Å². The summed E-state index contributed by atoms with van der Waals surface area (Å²) in [5.41, 5.74) is 4.43. The first kappa shape index (κ1) is 18.0. The van der Waals surface area contributed by atoms with Crippen LogP contribution in [0.15, 0.2) is 64.5 Å². The molecule has 5 rings (SSSR count). The van der Waals surface area contributed by atoms with Gasteiger partial charge in [0.1, 0.15) is 10.7 Å². The second kappa shape index (κ2) is 7.41. The van der Waals surface area contributed by atoms with E-state index in [4.69, 9.17) is 0 Å². The van der Waals surface area contributed by atoms with Gasteiger partial charge in [0.15, 0.2) is 0 Å². The number of nitrogens with zero attached hydrogens (tertiary/aromatic N) is 3. The van der Waals surface area contributed by atoms with E-state index in [-0.39, 0.29) is 5.56 Å². The fourth-order valence-corrected chi connectivity index (χ4v) is 5.25. The van der Waals surface area contributed by atoms with Crippen LogP contribution in [0.2, 0.25) is 0 Å². The largest absolute Gasteiger partial charge is 0.283 e. The lowest BCUT2D eigenvalue weighted by Gasteiger charge is -2.10. The molecule has 0 atom stereocenters. The maximum Gasteiger partial charge on any atom is 0.283 e. The Morgan fingerprint density at radius 3 is 2.52 bits per heavy atom. The molecule has 0 radical (unpaired) electrons. The van der Waals surface area contributed by atoms with E-state index in [0.29, 0.717) is 5.82 Å². The van der Waals surface area contributed by atoms with Gasteiger partial charge in [-0.3, -0.25) is 4.79 Å². The Morgan fingerprint density at radius 2 is 1.72 bits per heavy atom. The summed E-state index contributed by atoms with van der Waals surface area (Å²) in [6, 6.07) is 18.4. The van der Waals surface area contributed by atoms with Gasteiger partial charge in [-0.05, 0) is 54.9 Å². The van der Waals surface area contributed by atoms with Crippen LogP contribution in [0.3, 0.4) is 0 Å². The normalized spacial score (nSPS) is 13.8. The molecule has 1 aliphatic carbocycles. The molecule has 0 fully saturated rings. The molecule has 29 heavy (non-hydrogen) atoms. The molecule has 1 aliphatic rings. The molecule has 4 nitrogen and oxygen atoms in total. The number of hydrogen-bond donors (Lipinski definition) is 0. The average molecular weight is 400 g/mol. The summed E-state index contributed by atoms with van der Waals surface area (Å²) in [7, 11) is 0. The van der Waals surface area contributed by atoms with Crippen LogP contribution in [-0.4, -0.2) is 15.9 Å². The molecule has 0 bridgehead atoms. The Morgan fingerprint density at radius 1 is 1.00 bits per heavy atom. The van der Waals surface area contributed by atoms with E-state index in [1.54, 1.807) is 17.6 Å². The molecule has 0 spiro atoms. The Hall–Kier alpha value is -3.05. The summed E-state index contributed by atoms with van der Waals surface area (Å²) in [5.74, 6) is 0.623. The third-order valence-corrected chi connectivity index (χ3v) is 6.65. The van der Waals surface area contributed by atoms with Crippen molar-refractivity contribution in [3.8, 4) is 11.1 Å². The summed E-state index contributed by atoms with van der Waals surface area (Å²) < 4.78 is 1.44. The third-order valence-electron chi connectivity index (χ3n) is 5.47. The highest BCUT2D eigenvalue weighted by Crippen LogP contribution is 2.33. The first-order valence-electron chi connectivity index (χ1n) is 9.94. The van der Waals surface area contributed by atoms with Crippen LogP contribution >= 0.6 is 11.3 Å². The van der Waals surface area contributed by atoms with Gasteiger partial charge in [0.05, 0.1) is 11.6 Å². The number of rotatable bonds is 3. The van der Waals surface area contributed by atoms with E-state index in [1.807, 2.05) is 37.3 Å². The lowest BCUT2D eigenvalue weighted by Crippen LogP contribution is -2.21. The van der Waals surface area contributed by atoms with Crippen molar-refractivity contribution in [1.29, 1.82) is 0 Å². The Balaban J connectivity index is 1.50. The molecular formula is C24H21N3OS. The Bertz CT molecular complexity index is 1270. The van der Waals surface area contributed by atoms with E-state index >= 15 is 0 Å². The lowest BCUT2D eigenvalue weighted by molar-refractivity contribution is 0.698. The number of aromatic nitrogens is 2. The van der Waals surface area contributed by atoms with Crippen molar-refractivity contribution in [3.05, 3.63) is 86.8 Å². The number of thiophene rings is 1. The maximum absolute atomic E-state index is 13.2. The van der Waals surface area contributed by atoms with Crippen molar-refractivity contribution in [1.82, 2.24) is 9.66 Å². The van der Waals surface area contributed by atoms with Gasteiger partial charge in [0, 0.05) is 4.88 Å². The first-order valence-corrected chi connectivity index (χ1v) is 10.8. The Kier molecular flexibility index (Phi) is 4.60. The lowest BCUT2D eigenvalue weighted by atomic mass is 9.97. The minimum absolute atomic E-state index is 0.0518. The van der Waals surface area contributed by atoms with E-state index in [2.05, 4.69) is 34.4 Å². The van der Waals surface area contributed by atoms with Crippen LogP contribution in [0.4, 0.5) is 0 Å². The molecule has 4 aromatic rings. The molecule has 0 aliphatic heterocycles. The molecule has 0 saturated heterocycles. The van der Waals surface area contributed by atoms with Crippen LogP contribution in [0.1, 0.15) is 34.7 Å². The summed E-state index contributed by atoms with van der Waals surface area (Å²) >= 11 is 1.67. The SMILES string of the molecule is Cc1nc2sc3c(c2c(=O)n1N=Cc1ccc(-c2ccccc2)cc1)CCCC3. The van der Waals surface area contributed by atoms with Crippen molar-refractivity contribution >= 4 is 27.8 Å². The average Bonchev–Trinajstić information content (AvgIpc) is 3.13. The molecule has 2 heterocycles. The molecule has 0 amide bonds. The minimum atomic E-state index is -0.0518. The molecule has 2 aromatic heterocycles. The quantitative estimate of drug-likeness (QED) is 0.445. The second-order valence-corrected chi connectivity index (χ2v) is 8.48. The van der Waals surface area contributed by atoms with Crippen LogP contribution in [0.5, 0.6) is 0 Å². The number of hydrogen-bond acceptors (Lipinski definition) is 4. The highest BCUT2D eigenvalue weighted by molar-refractivity contribution is 7.18. The Labute approximate surface area is 173 Å². The number of fused-ring (bicyclic) bond motifs is 3. The van der Waals surface area contributed by atoms with E-state index < -0.39 is 0 Å². The molecular weight excluding hydrogens is 378 g/mol. The van der Waals surface area contributed by atoms with Crippen molar-refractivity contribution in [2.24, 2.45) is 5.10 Å². The van der Waals surface area contributed by atoms with Crippen LogP contribution in [0, 0.1) is 6.92 Å². The number of aryl methyl sites for hydroxylation is 3. The highest BCUT2D eigenvalue weighted by Gasteiger charge is 2.21. The third kappa shape index (κ3) is 3.32. The summed E-state index contributed by atoms with van der Waals surface area (Å²) in [5, 5.41) is 5.25. The van der Waals surface area contributed by atoms with Gasteiger partial charge in [0.25, 0.3) is 5.56 Å². The predicted octanol–water partition coefficient (Wildman–Crippen LogP) is 5.19. The van der Waals surface area contributed by atoms with Crippen LogP contribution in [-0.2, 0) is 12.8 Å². The van der Waals surface area contributed by atoms with Gasteiger partial charge < -0.3 is 0 Å². The van der Waals surface area contributed by atoms with Crippen LogP contribution < -0.4 is 5.56 Å². The zero-order chi connectivity index (χ0) is 19.8. The zero-order valence-corrected chi connectivity index (χ0v) is 17.1. The topological polar surface area (TPSA) is 47.2 Å². The van der Waals surface area contributed by atoms with Gasteiger partial charge in [-0.2, -0.15) is 9.78 Å². The predicted molar refractivity (Wildman–Crippen MR) is 120 cm³/mol. The second-order valence-electron chi connectivity index (χ2n) is 7.40. The van der Waals surface area contributed by atoms with Crippen molar-refractivity contribution in [3.63, 3.8) is 0 Å². The molecule has 0 N–H and O–H groups in total. The van der Waals surface area contributed by atoms with E-state index in [1.165, 1.54) is 27.1 Å². The molecule has 5 heteroatoms. The molecule has 144 valence electrons. The van der Waals surface area contributed by atoms with Crippen molar-refractivity contribution in [2.75, 3.05) is 0 Å². The van der Waals surface area contributed by atoms with Gasteiger partial charge in [-0.1, -0.05) is 54.6 Å². The van der Waals surface area contributed by atoms with Crippen molar-refractivity contribution in [2.45, 2.75) is 32.6 Å². The summed E-state index contributed by atoms with van der Waals surface area (Å²) in [4.78, 5) is 20.0. The maximum atomic E-state index is 13.2.